The monoisotopic (exact) mass is 633 g/mol. The van der Waals surface area contributed by atoms with Crippen molar-refractivity contribution in [1.29, 1.82) is 0 Å². The molecule has 0 atom stereocenters. The van der Waals surface area contributed by atoms with Crippen LogP contribution in [0.1, 0.15) is 22.3 Å². The van der Waals surface area contributed by atoms with Crippen molar-refractivity contribution in [3.63, 3.8) is 0 Å². The van der Waals surface area contributed by atoms with Crippen molar-refractivity contribution in [3.8, 4) is 45.0 Å². The molecule has 7 aromatic carbocycles. The Hall–Kier alpha value is -5.90. The highest BCUT2D eigenvalue weighted by molar-refractivity contribution is 6.28. The first kappa shape index (κ1) is 28.3. The number of benzene rings is 7. The zero-order valence-electron chi connectivity index (χ0n) is 25.9. The lowest BCUT2D eigenvalue weighted by atomic mass is 9.66. The van der Waals surface area contributed by atoms with Crippen LogP contribution in [0.5, 0.6) is 0 Å². The summed E-state index contributed by atoms with van der Waals surface area (Å²) < 4.78 is 0. The molecule has 1 aliphatic carbocycles. The Labute approximate surface area is 284 Å². The fraction of sp³-hybridized carbons (Fsp3) is 0.0227. The van der Waals surface area contributed by atoms with Gasteiger partial charge in [0.25, 0.3) is 0 Å². The maximum absolute atomic E-state index is 6.71. The van der Waals surface area contributed by atoms with Crippen LogP contribution in [0.15, 0.2) is 170 Å². The van der Waals surface area contributed by atoms with Crippen LogP contribution in [0.25, 0.3) is 55.8 Å². The third-order valence-corrected chi connectivity index (χ3v) is 9.75. The number of hydrogen-bond acceptors (Lipinski definition) is 3. The second-order valence-corrected chi connectivity index (χ2v) is 12.4. The molecule has 3 nitrogen and oxygen atoms in total. The van der Waals surface area contributed by atoms with Crippen molar-refractivity contribution in [2.24, 2.45) is 0 Å². The van der Waals surface area contributed by atoms with Crippen molar-refractivity contribution in [1.82, 2.24) is 15.0 Å². The third kappa shape index (κ3) is 4.40. The normalized spacial score (nSPS) is 12.9. The Morgan fingerprint density at radius 2 is 0.875 bits per heavy atom. The molecular formula is C44H28ClN3. The van der Waals surface area contributed by atoms with Gasteiger partial charge in [0.2, 0.25) is 5.28 Å². The topological polar surface area (TPSA) is 38.7 Å². The van der Waals surface area contributed by atoms with E-state index in [1.165, 1.54) is 44.2 Å². The number of fused-ring (bicyclic) bond motifs is 4. The van der Waals surface area contributed by atoms with Gasteiger partial charge in [-0.05, 0) is 66.9 Å². The van der Waals surface area contributed by atoms with Crippen molar-refractivity contribution in [2.75, 3.05) is 0 Å². The van der Waals surface area contributed by atoms with Crippen LogP contribution in [0.4, 0.5) is 0 Å². The first-order chi connectivity index (χ1) is 23.7. The molecule has 1 aliphatic rings. The van der Waals surface area contributed by atoms with Crippen LogP contribution in [0.3, 0.4) is 0 Å². The Balaban J connectivity index is 1.22. The largest absolute Gasteiger partial charge is 0.226 e. The highest BCUT2D eigenvalue weighted by atomic mass is 35.5. The van der Waals surface area contributed by atoms with E-state index in [4.69, 9.17) is 21.6 Å². The number of halogens is 1. The Bertz CT molecular complexity index is 2420. The zero-order valence-corrected chi connectivity index (χ0v) is 26.6. The number of aromatic nitrogens is 3. The van der Waals surface area contributed by atoms with Gasteiger partial charge in [-0.2, -0.15) is 9.97 Å². The van der Waals surface area contributed by atoms with Crippen molar-refractivity contribution in [3.05, 3.63) is 197 Å². The van der Waals surface area contributed by atoms with Gasteiger partial charge in [0.15, 0.2) is 11.6 Å². The smallest absolute Gasteiger partial charge is 0.208 e. The van der Waals surface area contributed by atoms with Gasteiger partial charge in [0.05, 0.1) is 5.41 Å². The minimum Gasteiger partial charge on any atom is -0.208 e. The van der Waals surface area contributed by atoms with E-state index in [1.54, 1.807) is 0 Å². The molecule has 0 saturated carbocycles. The molecule has 0 radical (unpaired) electrons. The van der Waals surface area contributed by atoms with Gasteiger partial charge < -0.3 is 0 Å². The third-order valence-electron chi connectivity index (χ3n) is 9.58. The molecule has 0 saturated heterocycles. The summed E-state index contributed by atoms with van der Waals surface area (Å²) in [6, 6.07) is 59.9. The van der Waals surface area contributed by atoms with Crippen LogP contribution in [0, 0.1) is 0 Å². The summed E-state index contributed by atoms with van der Waals surface area (Å²) in [7, 11) is 0. The predicted octanol–water partition coefficient (Wildman–Crippen LogP) is 11.0. The molecule has 0 aliphatic heterocycles. The molecule has 48 heavy (non-hydrogen) atoms. The van der Waals surface area contributed by atoms with Gasteiger partial charge in [-0.25, -0.2) is 4.98 Å². The minimum atomic E-state index is -0.593. The summed E-state index contributed by atoms with van der Waals surface area (Å²) in [6.45, 7) is 0. The number of rotatable bonds is 5. The fourth-order valence-electron chi connectivity index (χ4n) is 7.56. The molecule has 226 valence electrons. The molecule has 0 fully saturated rings. The Kier molecular flexibility index (Phi) is 6.74. The molecule has 1 aromatic heterocycles. The van der Waals surface area contributed by atoms with Gasteiger partial charge >= 0.3 is 0 Å². The molecule has 0 N–H and O–H groups in total. The molecular weight excluding hydrogens is 606 g/mol. The lowest BCUT2D eigenvalue weighted by Gasteiger charge is -2.35. The summed E-state index contributed by atoms with van der Waals surface area (Å²) in [5.74, 6) is 1.07. The quantitative estimate of drug-likeness (QED) is 0.189. The molecule has 0 spiro atoms. The second-order valence-electron chi connectivity index (χ2n) is 12.1. The van der Waals surface area contributed by atoms with E-state index in [9.17, 15) is 0 Å². The van der Waals surface area contributed by atoms with Crippen LogP contribution in [-0.2, 0) is 5.41 Å². The summed E-state index contributed by atoms with van der Waals surface area (Å²) in [5, 5.41) is 2.59. The average molecular weight is 634 g/mol. The average Bonchev–Trinajstić information content (AvgIpc) is 3.46. The van der Waals surface area contributed by atoms with Gasteiger partial charge in [0, 0.05) is 11.1 Å². The second kappa shape index (κ2) is 11.4. The predicted molar refractivity (Wildman–Crippen MR) is 196 cm³/mol. The van der Waals surface area contributed by atoms with Crippen LogP contribution < -0.4 is 0 Å². The molecule has 9 rings (SSSR count). The highest BCUT2D eigenvalue weighted by Crippen LogP contribution is 2.57. The summed E-state index contributed by atoms with van der Waals surface area (Å²) >= 11 is 6.71. The first-order valence-electron chi connectivity index (χ1n) is 16.1. The maximum atomic E-state index is 6.71. The van der Waals surface area contributed by atoms with Gasteiger partial charge in [-0.1, -0.05) is 170 Å². The summed E-state index contributed by atoms with van der Waals surface area (Å²) in [5.41, 5.74) is 10.7. The molecule has 0 amide bonds. The SMILES string of the molecule is Clc1nc(-c2ccc(-c3cccc4ccccc34)cc2)nc(-c2ccccc2C2(c3ccccc3)c3ccccc3-c3ccccc32)n1. The minimum absolute atomic E-state index is 0.156. The Morgan fingerprint density at radius 3 is 1.58 bits per heavy atom. The van der Waals surface area contributed by atoms with Gasteiger partial charge in [-0.3, -0.25) is 0 Å². The van der Waals surface area contributed by atoms with Crippen LogP contribution in [0.2, 0.25) is 5.28 Å². The van der Waals surface area contributed by atoms with E-state index >= 15 is 0 Å². The first-order valence-corrected chi connectivity index (χ1v) is 16.4. The molecule has 4 heteroatoms. The fourth-order valence-corrected chi connectivity index (χ4v) is 7.72. The van der Waals surface area contributed by atoms with E-state index in [1.807, 2.05) is 6.07 Å². The standard InChI is InChI=1S/C44H28ClN3/c45-43-47-41(31-27-25-30(26-28-31)34-21-12-14-29-13-4-5-17-33(29)34)46-42(48-43)37-20-8-11-24-40(37)44(32-15-2-1-3-16-32)38-22-9-6-18-35(38)36-19-7-10-23-39(36)44/h1-28H. The lowest BCUT2D eigenvalue weighted by Crippen LogP contribution is -2.29. The van der Waals surface area contributed by atoms with E-state index in [0.717, 1.165) is 22.3 Å². The van der Waals surface area contributed by atoms with E-state index < -0.39 is 5.41 Å². The maximum Gasteiger partial charge on any atom is 0.226 e. The Morgan fingerprint density at radius 1 is 0.375 bits per heavy atom. The molecule has 0 bridgehead atoms. The van der Waals surface area contributed by atoms with Crippen molar-refractivity contribution >= 4 is 22.4 Å². The highest BCUT2D eigenvalue weighted by Gasteiger charge is 2.47. The van der Waals surface area contributed by atoms with Gasteiger partial charge in [0.1, 0.15) is 0 Å². The van der Waals surface area contributed by atoms with E-state index in [0.29, 0.717) is 11.6 Å². The molecule has 8 aromatic rings. The lowest BCUT2D eigenvalue weighted by molar-refractivity contribution is 0.769. The van der Waals surface area contributed by atoms with E-state index in [2.05, 4.69) is 169 Å². The summed E-state index contributed by atoms with van der Waals surface area (Å²) in [4.78, 5) is 14.4. The van der Waals surface area contributed by atoms with Crippen LogP contribution >= 0.6 is 11.6 Å². The number of hydrogen-bond donors (Lipinski definition) is 0. The van der Waals surface area contributed by atoms with E-state index in [-0.39, 0.29) is 5.28 Å². The van der Waals surface area contributed by atoms with Gasteiger partial charge in [-0.15, -0.1) is 0 Å². The van der Waals surface area contributed by atoms with Crippen molar-refractivity contribution in [2.45, 2.75) is 5.41 Å². The zero-order chi connectivity index (χ0) is 32.1. The molecule has 1 heterocycles. The number of nitrogens with zero attached hydrogens (tertiary/aromatic N) is 3. The summed E-state index contributed by atoms with van der Waals surface area (Å²) in [6.07, 6.45) is 0. The van der Waals surface area contributed by atoms with Crippen LogP contribution in [-0.4, -0.2) is 15.0 Å². The van der Waals surface area contributed by atoms with Crippen molar-refractivity contribution < 1.29 is 0 Å². The molecule has 0 unspecified atom stereocenters.